The highest BCUT2D eigenvalue weighted by Crippen LogP contribution is 2.60. The number of phenols is 1. The number of aliphatic hydroxyl groups is 1. The van der Waals surface area contributed by atoms with Crippen LogP contribution in [0.4, 0.5) is 16.4 Å². The summed E-state index contributed by atoms with van der Waals surface area (Å²) in [6.07, 6.45) is 4.76. The molecule has 4 heterocycles. The molecule has 6 aliphatic rings. The Kier molecular flexibility index (Phi) is 8.09. The number of piperazine rings is 1. The molecule has 5 N–H and O–H groups in total. The highest BCUT2D eigenvalue weighted by molar-refractivity contribution is 7.16. The third-order valence-corrected chi connectivity index (χ3v) is 12.8. The minimum absolute atomic E-state index is 0.0497. The van der Waals surface area contributed by atoms with E-state index in [-0.39, 0.29) is 29.6 Å². The molecule has 1 aromatic heterocycles. The molecule has 3 aliphatic carbocycles. The summed E-state index contributed by atoms with van der Waals surface area (Å²) in [6.45, 7) is 8.21. The van der Waals surface area contributed by atoms with Crippen molar-refractivity contribution in [3.8, 4) is 5.75 Å². The summed E-state index contributed by atoms with van der Waals surface area (Å²) in [5, 5.41) is 27.7. The number of fused-ring (bicyclic) bond motifs is 3. The van der Waals surface area contributed by atoms with E-state index in [9.17, 15) is 19.8 Å². The molecule has 1 amide bonds. The second-order valence-electron chi connectivity index (χ2n) is 15.0. The predicted octanol–water partition coefficient (Wildman–Crippen LogP) is 4.69. The van der Waals surface area contributed by atoms with E-state index in [1.807, 2.05) is 6.07 Å². The molecule has 0 unspecified atom stereocenters. The first-order valence-electron chi connectivity index (χ1n) is 17.7. The van der Waals surface area contributed by atoms with E-state index < -0.39 is 16.9 Å². The lowest BCUT2D eigenvalue weighted by Gasteiger charge is -2.63. The summed E-state index contributed by atoms with van der Waals surface area (Å²) in [7, 11) is 2.18. The number of amides is 1. The molecule has 11 heteroatoms. The number of nitrogens with two attached hydrogens (primary N) is 1. The van der Waals surface area contributed by atoms with Crippen molar-refractivity contribution in [3.05, 3.63) is 69.6 Å². The minimum atomic E-state index is -1.06. The number of anilines is 2. The number of para-hydroxylation sites is 2. The van der Waals surface area contributed by atoms with Crippen LogP contribution in [0.3, 0.4) is 0 Å². The second-order valence-corrected chi connectivity index (χ2v) is 16.2. The maximum atomic E-state index is 12.5. The van der Waals surface area contributed by atoms with Gasteiger partial charge >= 0.3 is 0 Å². The largest absolute Gasteiger partial charge is 0.507 e. The van der Waals surface area contributed by atoms with Gasteiger partial charge in [-0.15, -0.1) is 11.3 Å². The molecule has 2 saturated heterocycles. The van der Waals surface area contributed by atoms with E-state index >= 15 is 0 Å². The first kappa shape index (κ1) is 32.4. The van der Waals surface area contributed by atoms with Crippen molar-refractivity contribution in [2.75, 3.05) is 51.6 Å². The molecule has 2 aromatic carbocycles. The number of piperidine rings is 1. The van der Waals surface area contributed by atoms with Gasteiger partial charge in [-0.3, -0.25) is 14.5 Å². The Morgan fingerprint density at radius 1 is 1.10 bits per heavy atom. The summed E-state index contributed by atoms with van der Waals surface area (Å²) in [4.78, 5) is 37.8. The Labute approximate surface area is 291 Å². The van der Waals surface area contributed by atoms with Gasteiger partial charge in [0.1, 0.15) is 22.4 Å². The number of benzene rings is 2. The van der Waals surface area contributed by atoms with Crippen molar-refractivity contribution in [1.82, 2.24) is 14.7 Å². The number of thiophene rings is 1. The summed E-state index contributed by atoms with van der Waals surface area (Å²) in [5.41, 5.74) is 8.52. The van der Waals surface area contributed by atoms with Gasteiger partial charge in [0, 0.05) is 67.5 Å². The Morgan fingerprint density at radius 3 is 2.63 bits per heavy atom. The van der Waals surface area contributed by atoms with Gasteiger partial charge in [-0.05, 0) is 88.4 Å². The van der Waals surface area contributed by atoms with Crippen molar-refractivity contribution >= 4 is 45.2 Å². The van der Waals surface area contributed by atoms with E-state index in [4.69, 9.17) is 10.7 Å². The second kappa shape index (κ2) is 12.2. The fraction of sp³-hybridized carbons (Fsp3) is 0.500. The Balaban J connectivity index is 0.000000145. The van der Waals surface area contributed by atoms with Crippen molar-refractivity contribution in [3.63, 3.8) is 0 Å². The SMILES string of the molecule is Cc1cc2c(s1)Nc1ccccc1N=C2N1CCN(C)CC1.NC(=O)c1ccc2c(c1O)[C@]13CCN(CC4CC4)[C@H](C2)[C@]1(O)CCC(=O)C3. The number of carbonyl (C=O) groups is 2. The number of aliphatic imine (C=N–C) groups is 1. The summed E-state index contributed by atoms with van der Waals surface area (Å²) in [6, 6.07) is 13.9. The van der Waals surface area contributed by atoms with Crippen LogP contribution in [0.2, 0.25) is 0 Å². The molecule has 2 bridgehead atoms. The molecule has 3 atom stereocenters. The molecule has 10 nitrogen and oxygen atoms in total. The molecule has 258 valence electrons. The molecule has 3 aliphatic heterocycles. The van der Waals surface area contributed by atoms with Gasteiger partial charge in [0.25, 0.3) is 5.91 Å². The number of nitrogens with zero attached hydrogens (tertiary/aromatic N) is 4. The van der Waals surface area contributed by atoms with Crippen molar-refractivity contribution in [2.45, 2.75) is 68.9 Å². The molecule has 9 rings (SSSR count). The number of hydrogen-bond donors (Lipinski definition) is 4. The van der Waals surface area contributed by atoms with E-state index in [1.165, 1.54) is 28.3 Å². The van der Waals surface area contributed by atoms with Crippen molar-refractivity contribution < 1.29 is 19.8 Å². The number of Topliss-reactive ketones (excluding diaryl/α,β-unsaturated/α-hetero) is 1. The van der Waals surface area contributed by atoms with Crippen molar-refractivity contribution in [2.24, 2.45) is 16.6 Å². The number of amidine groups is 1. The van der Waals surface area contributed by atoms with Crippen LogP contribution < -0.4 is 11.1 Å². The number of carbonyl (C=O) groups excluding carboxylic acids is 2. The number of likely N-dealkylation sites (N-methyl/N-ethyl adjacent to an activating group) is 1. The van der Waals surface area contributed by atoms with Gasteiger partial charge in [0.05, 0.1) is 28.1 Å². The molecule has 0 radical (unpaired) electrons. The zero-order chi connectivity index (χ0) is 34.1. The van der Waals surface area contributed by atoms with E-state index in [0.29, 0.717) is 31.2 Å². The lowest BCUT2D eigenvalue weighted by molar-refractivity contribution is -0.173. The number of likely N-dealkylation sites (tertiary alicyclic amines) is 1. The zero-order valence-corrected chi connectivity index (χ0v) is 29.2. The van der Waals surface area contributed by atoms with Crippen LogP contribution in [0.25, 0.3) is 0 Å². The highest BCUT2D eigenvalue weighted by atomic mass is 32.1. The highest BCUT2D eigenvalue weighted by Gasteiger charge is 2.65. The summed E-state index contributed by atoms with van der Waals surface area (Å²) in [5.74, 6) is 1.13. The lowest BCUT2D eigenvalue weighted by atomic mass is 9.49. The number of aromatic hydroxyl groups is 1. The summed E-state index contributed by atoms with van der Waals surface area (Å²) >= 11 is 1.81. The number of rotatable bonds is 3. The third-order valence-electron chi connectivity index (χ3n) is 11.8. The molecule has 4 fully saturated rings. The number of aryl methyl sites for hydroxylation is 1. The van der Waals surface area contributed by atoms with Gasteiger partial charge in [-0.25, -0.2) is 4.99 Å². The Hall–Kier alpha value is -3.77. The molecular formula is C38H46N6O4S. The maximum Gasteiger partial charge on any atom is 0.252 e. The van der Waals surface area contributed by atoms with Crippen LogP contribution in [0.15, 0.2) is 47.5 Å². The maximum absolute atomic E-state index is 12.5. The number of primary amides is 1. The normalized spacial score (nSPS) is 27.7. The van der Waals surface area contributed by atoms with E-state index in [1.54, 1.807) is 17.4 Å². The standard InChI is InChI=1S/C21H26N2O4.C17H20N4S/c22-19(26)15-4-3-13-9-16-21(27)6-5-14(24)10-20(21,17(13)18(15)25)7-8-23(16)11-12-1-2-12;1-12-11-13-16(21-9-7-20(2)8-10-21)18-14-5-3-4-6-15(14)19-17(13)22-12/h3-4,12,16,25,27H,1-2,5-11H2,(H2,22,26);3-6,11,19H,7-10H2,1-2H3/t16-,20-,21-;/m1./s1. The van der Waals surface area contributed by atoms with E-state index in [0.717, 1.165) is 68.0 Å². The van der Waals surface area contributed by atoms with Gasteiger partial charge < -0.3 is 31.1 Å². The zero-order valence-electron chi connectivity index (χ0n) is 28.4. The molecule has 49 heavy (non-hydrogen) atoms. The predicted molar refractivity (Wildman–Crippen MR) is 193 cm³/mol. The number of ketones is 1. The van der Waals surface area contributed by atoms with Crippen molar-refractivity contribution in [1.29, 1.82) is 0 Å². The molecule has 2 saturated carbocycles. The first-order valence-corrected chi connectivity index (χ1v) is 18.5. The average Bonchev–Trinajstić information content (AvgIpc) is 3.84. The van der Waals surface area contributed by atoms with Crippen LogP contribution in [0.5, 0.6) is 5.75 Å². The molecule has 0 spiro atoms. The fourth-order valence-corrected chi connectivity index (χ4v) is 9.98. The Bertz CT molecular complexity index is 1850. The van der Waals surface area contributed by atoms with Gasteiger partial charge in [-0.1, -0.05) is 18.2 Å². The van der Waals surface area contributed by atoms with Gasteiger partial charge in [0.15, 0.2) is 0 Å². The average molecular weight is 683 g/mol. The number of nitrogens with one attached hydrogen (secondary N) is 1. The third kappa shape index (κ3) is 5.55. The minimum Gasteiger partial charge on any atom is -0.507 e. The van der Waals surface area contributed by atoms with Crippen LogP contribution in [0, 0.1) is 12.8 Å². The summed E-state index contributed by atoms with van der Waals surface area (Å²) < 4.78 is 0. The smallest absolute Gasteiger partial charge is 0.252 e. The van der Waals surface area contributed by atoms with E-state index in [2.05, 4.69) is 64.3 Å². The van der Waals surface area contributed by atoms with Crippen LogP contribution in [-0.2, 0) is 16.6 Å². The van der Waals surface area contributed by atoms with Gasteiger partial charge in [0.2, 0.25) is 0 Å². The molecule has 3 aromatic rings. The quantitative estimate of drug-likeness (QED) is 0.313. The van der Waals surface area contributed by atoms with Crippen LogP contribution in [-0.4, -0.2) is 100 Å². The molecular weight excluding hydrogens is 637 g/mol. The van der Waals surface area contributed by atoms with Gasteiger partial charge in [-0.2, -0.15) is 0 Å². The lowest BCUT2D eigenvalue weighted by Crippen LogP contribution is -2.73. The fourth-order valence-electron chi connectivity index (χ4n) is 9.06. The van der Waals surface area contributed by atoms with Crippen LogP contribution in [0.1, 0.15) is 70.5 Å². The monoisotopic (exact) mass is 682 g/mol. The first-order chi connectivity index (χ1) is 23.6. The Morgan fingerprint density at radius 2 is 1.88 bits per heavy atom. The topological polar surface area (TPSA) is 135 Å². The number of hydrogen-bond acceptors (Lipinski definition) is 10. The van der Waals surface area contributed by atoms with Crippen LogP contribution >= 0.6 is 11.3 Å².